The second kappa shape index (κ2) is 9.57. The van der Waals surface area contributed by atoms with E-state index in [-0.39, 0.29) is 17.7 Å². The van der Waals surface area contributed by atoms with Crippen molar-refractivity contribution >= 4 is 23.4 Å². The summed E-state index contributed by atoms with van der Waals surface area (Å²) in [5.74, 6) is -0.165. The highest BCUT2D eigenvalue weighted by Gasteiger charge is 2.34. The van der Waals surface area contributed by atoms with Gasteiger partial charge in [-0.15, -0.1) is 0 Å². The zero-order valence-electron chi connectivity index (χ0n) is 17.8. The van der Waals surface area contributed by atoms with E-state index in [1.807, 2.05) is 32.9 Å². The third-order valence-corrected chi connectivity index (χ3v) is 5.18. The highest BCUT2D eigenvalue weighted by molar-refractivity contribution is 6.05. The van der Waals surface area contributed by atoms with Crippen LogP contribution in [0, 0.1) is 12.8 Å². The van der Waals surface area contributed by atoms with E-state index in [2.05, 4.69) is 10.6 Å². The summed E-state index contributed by atoms with van der Waals surface area (Å²) < 4.78 is 0. The molecule has 0 unspecified atom stereocenters. The van der Waals surface area contributed by atoms with Crippen LogP contribution in [-0.4, -0.2) is 41.8 Å². The molecule has 0 spiro atoms. The molecule has 0 radical (unpaired) electrons. The van der Waals surface area contributed by atoms with Crippen molar-refractivity contribution < 1.29 is 14.4 Å². The molecule has 2 aromatic rings. The lowest BCUT2D eigenvalue weighted by molar-refractivity contribution is -0.125. The normalized spacial score (nSPS) is 15.9. The fourth-order valence-corrected chi connectivity index (χ4v) is 3.51. The number of anilines is 1. The molecule has 158 valence electrons. The molecule has 0 aliphatic carbocycles. The second-order valence-corrected chi connectivity index (χ2v) is 8.20. The fraction of sp³-hybridized carbons (Fsp3) is 0.375. The topological polar surface area (TPSA) is 78.5 Å². The van der Waals surface area contributed by atoms with Crippen molar-refractivity contribution in [2.75, 3.05) is 18.4 Å². The molecule has 1 fully saturated rings. The van der Waals surface area contributed by atoms with Crippen molar-refractivity contribution in [3.05, 3.63) is 65.2 Å². The van der Waals surface area contributed by atoms with Gasteiger partial charge in [0.05, 0.1) is 0 Å². The summed E-state index contributed by atoms with van der Waals surface area (Å²) in [6.45, 7) is 7.18. The van der Waals surface area contributed by atoms with E-state index in [0.29, 0.717) is 42.2 Å². The molecule has 30 heavy (non-hydrogen) atoms. The first kappa shape index (κ1) is 21.6. The van der Waals surface area contributed by atoms with Gasteiger partial charge in [-0.1, -0.05) is 37.6 Å². The molecule has 6 heteroatoms. The molecule has 6 nitrogen and oxygen atoms in total. The van der Waals surface area contributed by atoms with Crippen LogP contribution < -0.4 is 10.6 Å². The summed E-state index contributed by atoms with van der Waals surface area (Å²) in [6.07, 6.45) is 1.47. The summed E-state index contributed by atoms with van der Waals surface area (Å²) in [5.41, 5.74) is 2.64. The van der Waals surface area contributed by atoms with E-state index in [4.69, 9.17) is 0 Å². The lowest BCUT2D eigenvalue weighted by atomic mass is 10.1. The van der Waals surface area contributed by atoms with E-state index < -0.39 is 6.04 Å². The maximum atomic E-state index is 13.1. The molecule has 1 heterocycles. The largest absolute Gasteiger partial charge is 0.354 e. The van der Waals surface area contributed by atoms with Crippen molar-refractivity contribution in [2.45, 2.75) is 39.7 Å². The number of nitrogens with zero attached hydrogens (tertiary/aromatic N) is 1. The van der Waals surface area contributed by atoms with Crippen molar-refractivity contribution in [3.63, 3.8) is 0 Å². The number of aryl methyl sites for hydroxylation is 1. The lowest BCUT2D eigenvalue weighted by Gasteiger charge is -2.24. The molecule has 1 aliphatic rings. The molecule has 2 N–H and O–H groups in total. The average Bonchev–Trinajstić information content (AvgIpc) is 3.22. The smallest absolute Gasteiger partial charge is 0.255 e. The quantitative estimate of drug-likeness (QED) is 0.768. The molecule has 0 aromatic heterocycles. The first-order chi connectivity index (χ1) is 14.3. The standard InChI is InChI=1S/C24H29N3O3/c1-16(2)15-25-23(29)21-8-5-13-27(21)24(30)19-6-4-7-20(14-19)26-22(28)18-11-9-17(3)10-12-18/h4,6-7,9-12,14,16,21H,5,8,13,15H2,1-3H3,(H,25,29)(H,26,28)/t21-/m1/s1. The van der Waals surface area contributed by atoms with E-state index in [0.717, 1.165) is 12.0 Å². The maximum Gasteiger partial charge on any atom is 0.255 e. The van der Waals surface area contributed by atoms with Crippen molar-refractivity contribution in [1.29, 1.82) is 0 Å². The molecule has 3 rings (SSSR count). The van der Waals surface area contributed by atoms with Crippen LogP contribution in [-0.2, 0) is 4.79 Å². The fourth-order valence-electron chi connectivity index (χ4n) is 3.51. The summed E-state index contributed by atoms with van der Waals surface area (Å²) in [4.78, 5) is 39.7. The van der Waals surface area contributed by atoms with Gasteiger partial charge in [-0.05, 0) is 56.0 Å². The van der Waals surface area contributed by atoms with Crippen LogP contribution in [0.3, 0.4) is 0 Å². The maximum absolute atomic E-state index is 13.1. The Morgan fingerprint density at radius 1 is 1.07 bits per heavy atom. The first-order valence-electron chi connectivity index (χ1n) is 10.4. The number of carbonyl (C=O) groups is 3. The number of hydrogen-bond acceptors (Lipinski definition) is 3. The molecular weight excluding hydrogens is 378 g/mol. The minimum atomic E-state index is -0.443. The first-order valence-corrected chi connectivity index (χ1v) is 10.4. The number of nitrogens with one attached hydrogen (secondary N) is 2. The number of likely N-dealkylation sites (tertiary alicyclic amines) is 1. The van der Waals surface area contributed by atoms with Crippen molar-refractivity contribution in [2.24, 2.45) is 5.92 Å². The Morgan fingerprint density at radius 3 is 2.50 bits per heavy atom. The number of carbonyl (C=O) groups excluding carboxylic acids is 3. The number of benzene rings is 2. The summed E-state index contributed by atoms with van der Waals surface area (Å²) in [7, 11) is 0. The second-order valence-electron chi connectivity index (χ2n) is 8.20. The van der Waals surface area contributed by atoms with E-state index >= 15 is 0 Å². The molecule has 1 aliphatic heterocycles. The Balaban J connectivity index is 1.70. The van der Waals surface area contributed by atoms with Crippen LogP contribution in [0.1, 0.15) is 53.0 Å². The van der Waals surface area contributed by atoms with Gasteiger partial charge in [0.25, 0.3) is 11.8 Å². The zero-order valence-corrected chi connectivity index (χ0v) is 17.8. The van der Waals surface area contributed by atoms with Gasteiger partial charge in [-0.25, -0.2) is 0 Å². The Labute approximate surface area is 177 Å². The van der Waals surface area contributed by atoms with Gasteiger partial charge in [-0.3, -0.25) is 14.4 Å². The Morgan fingerprint density at radius 2 is 1.80 bits per heavy atom. The summed E-state index contributed by atoms with van der Waals surface area (Å²) in [5, 5.41) is 5.77. The van der Waals surface area contributed by atoms with Gasteiger partial charge < -0.3 is 15.5 Å². The van der Waals surface area contributed by atoms with Gasteiger partial charge in [0.1, 0.15) is 6.04 Å². The predicted octanol–water partition coefficient (Wildman–Crippen LogP) is 3.62. The Kier molecular flexibility index (Phi) is 6.87. The average molecular weight is 408 g/mol. The molecule has 3 amide bonds. The van der Waals surface area contributed by atoms with Crippen LogP contribution in [0.25, 0.3) is 0 Å². The van der Waals surface area contributed by atoms with Crippen molar-refractivity contribution in [1.82, 2.24) is 10.2 Å². The highest BCUT2D eigenvalue weighted by Crippen LogP contribution is 2.22. The SMILES string of the molecule is Cc1ccc(C(=O)Nc2cccc(C(=O)N3CCC[C@@H]3C(=O)NCC(C)C)c2)cc1. The van der Waals surface area contributed by atoms with Crippen LogP contribution in [0.2, 0.25) is 0 Å². The van der Waals surface area contributed by atoms with Gasteiger partial charge in [-0.2, -0.15) is 0 Å². The van der Waals surface area contributed by atoms with Gasteiger partial charge in [0.2, 0.25) is 5.91 Å². The molecular formula is C24H29N3O3. The summed E-state index contributed by atoms with van der Waals surface area (Å²) >= 11 is 0. The number of rotatable bonds is 6. The van der Waals surface area contributed by atoms with Crippen LogP contribution in [0.15, 0.2) is 48.5 Å². The Hall–Kier alpha value is -3.15. The van der Waals surface area contributed by atoms with E-state index in [1.54, 1.807) is 41.3 Å². The van der Waals surface area contributed by atoms with Crippen LogP contribution in [0.4, 0.5) is 5.69 Å². The molecule has 2 aromatic carbocycles. The lowest BCUT2D eigenvalue weighted by Crippen LogP contribution is -2.46. The molecule has 1 atom stereocenters. The minimum Gasteiger partial charge on any atom is -0.354 e. The van der Waals surface area contributed by atoms with Crippen LogP contribution in [0.5, 0.6) is 0 Å². The Bertz CT molecular complexity index is 922. The highest BCUT2D eigenvalue weighted by atomic mass is 16.2. The number of amides is 3. The monoisotopic (exact) mass is 407 g/mol. The van der Waals surface area contributed by atoms with E-state index in [1.165, 1.54) is 0 Å². The molecule has 0 saturated carbocycles. The van der Waals surface area contributed by atoms with Crippen LogP contribution >= 0.6 is 0 Å². The summed E-state index contributed by atoms with van der Waals surface area (Å²) in [6, 6.07) is 13.7. The third kappa shape index (κ3) is 5.26. The molecule has 1 saturated heterocycles. The third-order valence-electron chi connectivity index (χ3n) is 5.18. The minimum absolute atomic E-state index is 0.0987. The molecule has 0 bridgehead atoms. The van der Waals surface area contributed by atoms with Gasteiger partial charge in [0.15, 0.2) is 0 Å². The van der Waals surface area contributed by atoms with Crippen molar-refractivity contribution in [3.8, 4) is 0 Å². The van der Waals surface area contributed by atoms with E-state index in [9.17, 15) is 14.4 Å². The zero-order chi connectivity index (χ0) is 21.7. The van der Waals surface area contributed by atoms with Gasteiger partial charge in [0, 0.05) is 29.9 Å². The predicted molar refractivity (Wildman–Crippen MR) is 117 cm³/mol. The van der Waals surface area contributed by atoms with Gasteiger partial charge >= 0.3 is 0 Å². The number of hydrogen-bond donors (Lipinski definition) is 2.